The fraction of sp³-hybridized carbons (Fsp3) is 0.571. The van der Waals surface area contributed by atoms with Crippen LogP contribution in [0.4, 0.5) is 4.79 Å². The van der Waals surface area contributed by atoms with Crippen molar-refractivity contribution in [2.75, 3.05) is 39.5 Å². The lowest BCUT2D eigenvalue weighted by atomic mass is 10.1. The van der Waals surface area contributed by atoms with Gasteiger partial charge in [-0.25, -0.2) is 4.79 Å². The van der Waals surface area contributed by atoms with Gasteiger partial charge in [0, 0.05) is 44.7 Å². The summed E-state index contributed by atoms with van der Waals surface area (Å²) in [6.45, 7) is 7.80. The average Bonchev–Trinajstić information content (AvgIpc) is 3.00. The molecule has 0 atom stereocenters. The van der Waals surface area contributed by atoms with Crippen LogP contribution in [0, 0.1) is 0 Å². The van der Waals surface area contributed by atoms with Crippen molar-refractivity contribution in [2.24, 2.45) is 0 Å². The molecule has 1 fully saturated rings. The van der Waals surface area contributed by atoms with Gasteiger partial charge in [0.2, 0.25) is 12.7 Å². The van der Waals surface area contributed by atoms with Crippen LogP contribution in [-0.4, -0.2) is 72.8 Å². The molecule has 1 saturated heterocycles. The van der Waals surface area contributed by atoms with E-state index in [4.69, 9.17) is 14.2 Å². The molecular weight excluding hydrogens is 390 g/mol. The first-order valence-electron chi connectivity index (χ1n) is 10.2. The van der Waals surface area contributed by atoms with Crippen molar-refractivity contribution < 1.29 is 28.6 Å². The Morgan fingerprint density at radius 1 is 1.03 bits per heavy atom. The Kier molecular flexibility index (Phi) is 6.69. The van der Waals surface area contributed by atoms with Crippen LogP contribution in [0.15, 0.2) is 18.2 Å². The first-order valence-corrected chi connectivity index (χ1v) is 10.2. The molecule has 3 amide bonds. The van der Waals surface area contributed by atoms with E-state index >= 15 is 0 Å². The number of ether oxygens (including phenoxy) is 3. The molecule has 9 heteroatoms. The number of hydrogen-bond donors (Lipinski definition) is 1. The summed E-state index contributed by atoms with van der Waals surface area (Å²) in [5, 5.41) is 2.60. The molecule has 2 aliphatic heterocycles. The van der Waals surface area contributed by atoms with Gasteiger partial charge in [0.1, 0.15) is 5.60 Å². The maximum absolute atomic E-state index is 12.9. The Bertz CT molecular complexity index is 804. The quantitative estimate of drug-likeness (QED) is 0.802. The summed E-state index contributed by atoms with van der Waals surface area (Å²) in [6.07, 6.45) is 0.350. The van der Waals surface area contributed by atoms with Crippen molar-refractivity contribution in [3.63, 3.8) is 0 Å². The summed E-state index contributed by atoms with van der Waals surface area (Å²) in [4.78, 5) is 40.5. The van der Waals surface area contributed by atoms with Gasteiger partial charge in [-0.05, 0) is 45.4 Å². The number of benzene rings is 1. The van der Waals surface area contributed by atoms with Crippen LogP contribution in [0.1, 0.15) is 44.0 Å². The zero-order valence-electron chi connectivity index (χ0n) is 17.7. The van der Waals surface area contributed by atoms with Crippen LogP contribution in [0.2, 0.25) is 0 Å². The van der Waals surface area contributed by atoms with E-state index in [1.165, 1.54) is 0 Å². The second kappa shape index (κ2) is 9.23. The lowest BCUT2D eigenvalue weighted by Gasteiger charge is -2.23. The summed E-state index contributed by atoms with van der Waals surface area (Å²) in [7, 11) is 0. The minimum Gasteiger partial charge on any atom is -0.454 e. The summed E-state index contributed by atoms with van der Waals surface area (Å²) in [6, 6.07) is 5.16. The number of rotatable bonds is 4. The molecule has 0 unspecified atom stereocenters. The summed E-state index contributed by atoms with van der Waals surface area (Å²) < 4.78 is 15.8. The Morgan fingerprint density at radius 3 is 2.50 bits per heavy atom. The van der Waals surface area contributed by atoms with Crippen LogP contribution in [-0.2, 0) is 9.53 Å². The molecule has 9 nitrogen and oxygen atoms in total. The molecule has 164 valence electrons. The number of amides is 3. The van der Waals surface area contributed by atoms with Gasteiger partial charge < -0.3 is 29.3 Å². The molecule has 0 spiro atoms. The van der Waals surface area contributed by atoms with Crippen molar-refractivity contribution in [3.8, 4) is 11.5 Å². The van der Waals surface area contributed by atoms with Crippen LogP contribution in [0.25, 0.3) is 0 Å². The summed E-state index contributed by atoms with van der Waals surface area (Å²) in [5.41, 5.74) is -0.0343. The molecule has 1 aromatic carbocycles. The van der Waals surface area contributed by atoms with Crippen LogP contribution in [0.3, 0.4) is 0 Å². The second-order valence-corrected chi connectivity index (χ2v) is 8.27. The first kappa shape index (κ1) is 21.7. The van der Waals surface area contributed by atoms with Gasteiger partial charge in [0.25, 0.3) is 5.91 Å². The van der Waals surface area contributed by atoms with Crippen molar-refractivity contribution in [1.29, 1.82) is 0 Å². The number of carbonyl (C=O) groups excluding carboxylic acids is 3. The number of nitrogens with zero attached hydrogens (tertiary/aromatic N) is 2. The van der Waals surface area contributed by atoms with Gasteiger partial charge in [-0.1, -0.05) is 0 Å². The van der Waals surface area contributed by atoms with Crippen molar-refractivity contribution >= 4 is 17.9 Å². The molecule has 0 saturated carbocycles. The van der Waals surface area contributed by atoms with Crippen LogP contribution in [0.5, 0.6) is 11.5 Å². The SMILES string of the molecule is CC(C)(C)OC(=O)NCCC(=O)N1CCCN(C(=O)c2ccc3c(c2)OCO3)CC1. The number of alkyl carbamates (subject to hydrolysis) is 1. The van der Waals surface area contributed by atoms with E-state index < -0.39 is 11.7 Å². The predicted octanol–water partition coefficient (Wildman–Crippen LogP) is 2.00. The highest BCUT2D eigenvalue weighted by molar-refractivity contribution is 5.95. The first-order chi connectivity index (χ1) is 14.2. The molecule has 2 heterocycles. The van der Waals surface area contributed by atoms with E-state index in [0.717, 1.165) is 0 Å². The molecule has 0 bridgehead atoms. The Hall–Kier alpha value is -2.97. The smallest absolute Gasteiger partial charge is 0.407 e. The third kappa shape index (κ3) is 5.77. The molecule has 2 aliphatic rings. The van der Waals surface area contributed by atoms with Crippen LogP contribution < -0.4 is 14.8 Å². The van der Waals surface area contributed by atoms with E-state index in [-0.39, 0.29) is 31.6 Å². The fourth-order valence-electron chi connectivity index (χ4n) is 3.33. The lowest BCUT2D eigenvalue weighted by Crippen LogP contribution is -2.39. The zero-order valence-corrected chi connectivity index (χ0v) is 17.7. The summed E-state index contributed by atoms with van der Waals surface area (Å²) >= 11 is 0. The molecule has 30 heavy (non-hydrogen) atoms. The molecular formula is C21H29N3O6. The van der Waals surface area contributed by atoms with E-state index in [9.17, 15) is 14.4 Å². The largest absolute Gasteiger partial charge is 0.454 e. The lowest BCUT2D eigenvalue weighted by molar-refractivity contribution is -0.130. The van der Waals surface area contributed by atoms with Gasteiger partial charge in [-0.2, -0.15) is 0 Å². The fourth-order valence-corrected chi connectivity index (χ4v) is 3.33. The molecule has 1 N–H and O–H groups in total. The molecule has 0 aliphatic carbocycles. The minimum absolute atomic E-state index is 0.0524. The van der Waals surface area contributed by atoms with Gasteiger partial charge in [-0.3, -0.25) is 9.59 Å². The highest BCUT2D eigenvalue weighted by atomic mass is 16.7. The van der Waals surface area contributed by atoms with E-state index in [1.54, 1.807) is 48.8 Å². The topological polar surface area (TPSA) is 97.4 Å². The Balaban J connectivity index is 1.46. The van der Waals surface area contributed by atoms with Gasteiger partial charge in [-0.15, -0.1) is 0 Å². The molecule has 1 aromatic rings. The van der Waals surface area contributed by atoms with Gasteiger partial charge in [0.05, 0.1) is 0 Å². The third-order valence-electron chi connectivity index (χ3n) is 4.76. The monoisotopic (exact) mass is 419 g/mol. The van der Waals surface area contributed by atoms with Crippen LogP contribution >= 0.6 is 0 Å². The predicted molar refractivity (Wildman–Crippen MR) is 109 cm³/mol. The van der Waals surface area contributed by atoms with Gasteiger partial charge >= 0.3 is 6.09 Å². The minimum atomic E-state index is -0.577. The second-order valence-electron chi connectivity index (χ2n) is 8.27. The highest BCUT2D eigenvalue weighted by Gasteiger charge is 2.24. The molecule has 0 aromatic heterocycles. The molecule has 3 rings (SSSR count). The van der Waals surface area contributed by atoms with Crippen molar-refractivity contribution in [1.82, 2.24) is 15.1 Å². The van der Waals surface area contributed by atoms with Crippen molar-refractivity contribution in [3.05, 3.63) is 23.8 Å². The molecule has 0 radical (unpaired) electrons. The zero-order chi connectivity index (χ0) is 21.7. The Labute approximate surface area is 176 Å². The number of fused-ring (bicyclic) bond motifs is 1. The maximum atomic E-state index is 12.9. The normalized spacial score (nSPS) is 16.1. The van der Waals surface area contributed by atoms with E-state index in [0.29, 0.717) is 49.7 Å². The van der Waals surface area contributed by atoms with Gasteiger partial charge in [0.15, 0.2) is 11.5 Å². The number of nitrogens with one attached hydrogen (secondary N) is 1. The van der Waals surface area contributed by atoms with E-state index in [1.807, 2.05) is 0 Å². The Morgan fingerprint density at radius 2 is 1.73 bits per heavy atom. The van der Waals surface area contributed by atoms with E-state index in [2.05, 4.69) is 5.32 Å². The average molecular weight is 419 g/mol. The van der Waals surface area contributed by atoms with Crippen molar-refractivity contribution in [2.45, 2.75) is 39.2 Å². The maximum Gasteiger partial charge on any atom is 0.407 e. The third-order valence-corrected chi connectivity index (χ3v) is 4.76. The summed E-state index contributed by atoms with van der Waals surface area (Å²) in [5.74, 6) is 1.07. The number of hydrogen-bond acceptors (Lipinski definition) is 6. The number of carbonyl (C=O) groups is 3. The highest BCUT2D eigenvalue weighted by Crippen LogP contribution is 2.32. The standard InChI is InChI=1S/C21H29N3O6/c1-21(2,3)30-20(27)22-8-7-18(25)23-9-4-10-24(12-11-23)19(26)15-5-6-16-17(13-15)29-14-28-16/h5-6,13H,4,7-12,14H2,1-3H3,(H,22,27).